The molecule has 1 saturated carbocycles. The number of hydrogen-bond acceptors (Lipinski definition) is 3. The van der Waals surface area contributed by atoms with Gasteiger partial charge in [-0.15, -0.1) is 0 Å². The Balaban J connectivity index is 1.64. The van der Waals surface area contributed by atoms with E-state index >= 15 is 0 Å². The number of nitrogens with one attached hydrogen (secondary N) is 1. The van der Waals surface area contributed by atoms with Gasteiger partial charge in [0, 0.05) is 49.5 Å². The number of nitrogens with zero attached hydrogens (tertiary/aromatic N) is 3. The zero-order chi connectivity index (χ0) is 16.4. The quantitative estimate of drug-likeness (QED) is 0.883. The van der Waals surface area contributed by atoms with Crippen molar-refractivity contribution in [1.29, 1.82) is 0 Å². The molecule has 3 rings (SSSR count). The maximum Gasteiger partial charge on any atom is 0.256 e. The summed E-state index contributed by atoms with van der Waals surface area (Å²) in [4.78, 5) is 24.4. The van der Waals surface area contributed by atoms with E-state index < -0.39 is 0 Å². The third-order valence-corrected chi connectivity index (χ3v) is 4.13. The van der Waals surface area contributed by atoms with Crippen molar-refractivity contribution < 1.29 is 4.79 Å². The van der Waals surface area contributed by atoms with E-state index in [0.717, 1.165) is 25.1 Å². The van der Waals surface area contributed by atoms with Crippen LogP contribution in [0.25, 0.3) is 0 Å². The van der Waals surface area contributed by atoms with Crippen molar-refractivity contribution in [3.8, 4) is 0 Å². The Morgan fingerprint density at radius 3 is 2.91 bits per heavy atom. The molecule has 0 aromatic carbocycles. The second-order valence-corrected chi connectivity index (χ2v) is 6.37. The van der Waals surface area contributed by atoms with Gasteiger partial charge in [0.15, 0.2) is 5.43 Å². The molecule has 1 aliphatic carbocycles. The molecule has 0 saturated heterocycles. The molecular weight excluding hydrogens is 292 g/mol. The first-order chi connectivity index (χ1) is 11.0. The average Bonchev–Trinajstić information content (AvgIpc) is 3.22. The highest BCUT2D eigenvalue weighted by Gasteiger charge is 2.25. The van der Waals surface area contributed by atoms with E-state index in [9.17, 15) is 9.59 Å². The van der Waals surface area contributed by atoms with Gasteiger partial charge < -0.3 is 9.88 Å². The van der Waals surface area contributed by atoms with Crippen LogP contribution in [0.2, 0.25) is 0 Å². The molecule has 1 amide bonds. The van der Waals surface area contributed by atoms with Gasteiger partial charge >= 0.3 is 0 Å². The molecule has 2 heterocycles. The van der Waals surface area contributed by atoms with E-state index in [1.807, 2.05) is 35.4 Å². The normalized spacial score (nSPS) is 15.4. The molecule has 0 unspecified atom stereocenters. The van der Waals surface area contributed by atoms with Gasteiger partial charge in [0.2, 0.25) is 0 Å². The van der Waals surface area contributed by atoms with Gasteiger partial charge in [-0.2, -0.15) is 5.10 Å². The smallest absolute Gasteiger partial charge is 0.256 e. The first kappa shape index (κ1) is 15.5. The van der Waals surface area contributed by atoms with E-state index in [0.29, 0.717) is 12.6 Å². The number of pyridine rings is 1. The van der Waals surface area contributed by atoms with Gasteiger partial charge in [0.05, 0.1) is 0 Å². The predicted molar refractivity (Wildman–Crippen MR) is 87.4 cm³/mol. The summed E-state index contributed by atoms with van der Waals surface area (Å²) >= 11 is 0. The lowest BCUT2D eigenvalue weighted by atomic mass is 10.1. The number of amides is 1. The average molecular weight is 314 g/mol. The fourth-order valence-electron chi connectivity index (χ4n) is 2.72. The molecule has 1 fully saturated rings. The van der Waals surface area contributed by atoms with Crippen LogP contribution >= 0.6 is 0 Å². The van der Waals surface area contributed by atoms with Crippen molar-refractivity contribution in [1.82, 2.24) is 19.7 Å². The molecule has 2 aromatic rings. The summed E-state index contributed by atoms with van der Waals surface area (Å²) in [5.41, 5.74) is 0.937. The molecule has 0 spiro atoms. The van der Waals surface area contributed by atoms with Gasteiger partial charge in [0.1, 0.15) is 5.56 Å². The Kier molecular flexibility index (Phi) is 4.32. The van der Waals surface area contributed by atoms with Crippen molar-refractivity contribution >= 4 is 5.91 Å². The van der Waals surface area contributed by atoms with Crippen LogP contribution in [0.5, 0.6) is 0 Å². The maximum absolute atomic E-state index is 12.3. The Hall–Kier alpha value is -2.37. The van der Waals surface area contributed by atoms with E-state index in [1.165, 1.54) is 0 Å². The number of aryl methyl sites for hydroxylation is 1. The molecular formula is C17H22N4O2. The van der Waals surface area contributed by atoms with Gasteiger partial charge in [-0.3, -0.25) is 14.3 Å². The zero-order valence-electron chi connectivity index (χ0n) is 13.5. The van der Waals surface area contributed by atoms with Crippen molar-refractivity contribution in [3.63, 3.8) is 0 Å². The highest BCUT2D eigenvalue weighted by molar-refractivity contribution is 5.93. The molecule has 1 N–H and O–H groups in total. The third-order valence-electron chi connectivity index (χ3n) is 4.13. The summed E-state index contributed by atoms with van der Waals surface area (Å²) < 4.78 is 3.88. The fourth-order valence-corrected chi connectivity index (χ4v) is 2.72. The molecule has 6 heteroatoms. The highest BCUT2D eigenvalue weighted by atomic mass is 16.2. The van der Waals surface area contributed by atoms with Gasteiger partial charge in [0.25, 0.3) is 5.91 Å². The minimum absolute atomic E-state index is 0.211. The Bertz CT molecular complexity index is 744. The largest absolute Gasteiger partial charge is 0.352 e. The van der Waals surface area contributed by atoms with E-state index in [1.54, 1.807) is 18.5 Å². The Morgan fingerprint density at radius 1 is 1.48 bits per heavy atom. The predicted octanol–water partition coefficient (Wildman–Crippen LogP) is 1.75. The standard InChI is InChI=1S/C17H22N4O2/c1-12(10-20-7-3-6-19-20)9-18-17(23)15-11-21(14-4-5-14)13(2)8-16(15)22/h3,6-8,11-12,14H,4-5,9-10H2,1-2H3,(H,18,23)/t12-/m1/s1. The molecule has 2 aromatic heterocycles. The number of carbonyl (C=O) groups is 1. The number of hydrogen-bond donors (Lipinski definition) is 1. The van der Waals surface area contributed by atoms with Crippen LogP contribution in [-0.2, 0) is 6.54 Å². The third kappa shape index (κ3) is 3.70. The SMILES string of the molecule is Cc1cc(=O)c(C(=O)NC[C@@H](C)Cn2cccn2)cn1C1CC1. The maximum atomic E-state index is 12.3. The second kappa shape index (κ2) is 6.40. The Morgan fingerprint density at radius 2 is 2.26 bits per heavy atom. The summed E-state index contributed by atoms with van der Waals surface area (Å²) in [6, 6.07) is 3.87. The molecule has 0 radical (unpaired) electrons. The van der Waals surface area contributed by atoms with Crippen LogP contribution in [0.4, 0.5) is 0 Å². The lowest BCUT2D eigenvalue weighted by Gasteiger charge is -2.14. The van der Waals surface area contributed by atoms with Crippen molar-refractivity contribution in [2.24, 2.45) is 5.92 Å². The second-order valence-electron chi connectivity index (χ2n) is 6.37. The number of aromatic nitrogens is 3. The molecule has 122 valence electrons. The first-order valence-corrected chi connectivity index (χ1v) is 8.03. The van der Waals surface area contributed by atoms with Crippen molar-refractivity contribution in [2.45, 2.75) is 39.3 Å². The van der Waals surface area contributed by atoms with Gasteiger partial charge in [-0.25, -0.2) is 0 Å². The summed E-state index contributed by atoms with van der Waals surface area (Å²) in [6.45, 7) is 5.19. The highest BCUT2D eigenvalue weighted by Crippen LogP contribution is 2.35. The van der Waals surface area contributed by atoms with Crippen LogP contribution in [0.1, 0.15) is 41.9 Å². The lowest BCUT2D eigenvalue weighted by molar-refractivity contribution is 0.0944. The van der Waals surface area contributed by atoms with Crippen LogP contribution in [-0.4, -0.2) is 26.8 Å². The minimum atomic E-state index is -0.295. The lowest BCUT2D eigenvalue weighted by Crippen LogP contribution is -2.33. The monoisotopic (exact) mass is 314 g/mol. The van der Waals surface area contributed by atoms with E-state index in [-0.39, 0.29) is 22.8 Å². The zero-order valence-corrected chi connectivity index (χ0v) is 13.5. The molecule has 0 bridgehead atoms. The number of rotatable bonds is 6. The molecule has 23 heavy (non-hydrogen) atoms. The van der Waals surface area contributed by atoms with Crippen LogP contribution in [0, 0.1) is 12.8 Å². The summed E-state index contributed by atoms with van der Waals surface area (Å²) in [6.07, 6.45) is 7.57. The van der Waals surface area contributed by atoms with E-state index in [2.05, 4.69) is 10.4 Å². The molecule has 1 atom stereocenters. The Labute approximate surface area is 135 Å². The summed E-state index contributed by atoms with van der Waals surface area (Å²) in [5.74, 6) is -0.0633. The van der Waals surface area contributed by atoms with Crippen LogP contribution in [0.15, 0.2) is 35.5 Å². The summed E-state index contributed by atoms with van der Waals surface area (Å²) in [5, 5.41) is 7.02. The fraction of sp³-hybridized carbons (Fsp3) is 0.471. The van der Waals surface area contributed by atoms with Crippen LogP contribution in [0.3, 0.4) is 0 Å². The van der Waals surface area contributed by atoms with Crippen molar-refractivity contribution in [2.75, 3.05) is 6.54 Å². The minimum Gasteiger partial charge on any atom is -0.352 e. The molecule has 0 aliphatic heterocycles. The topological polar surface area (TPSA) is 68.9 Å². The first-order valence-electron chi connectivity index (χ1n) is 8.03. The van der Waals surface area contributed by atoms with Gasteiger partial charge in [-0.1, -0.05) is 6.92 Å². The van der Waals surface area contributed by atoms with E-state index in [4.69, 9.17) is 0 Å². The van der Waals surface area contributed by atoms with Gasteiger partial charge in [-0.05, 0) is 31.7 Å². The summed E-state index contributed by atoms with van der Waals surface area (Å²) in [7, 11) is 0. The molecule has 6 nitrogen and oxygen atoms in total. The molecule has 1 aliphatic rings. The van der Waals surface area contributed by atoms with Crippen LogP contribution < -0.4 is 10.7 Å². The number of carbonyl (C=O) groups excluding carboxylic acids is 1. The van der Waals surface area contributed by atoms with Crippen molar-refractivity contribution in [3.05, 3.63) is 52.2 Å².